The molecule has 6 heteroatoms. The van der Waals surface area contributed by atoms with E-state index < -0.39 is 0 Å². The van der Waals surface area contributed by atoms with Crippen LogP contribution in [0.5, 0.6) is 5.75 Å². The average molecular weight is 357 g/mol. The summed E-state index contributed by atoms with van der Waals surface area (Å²) < 4.78 is 19.6. The summed E-state index contributed by atoms with van der Waals surface area (Å²) in [5, 5.41) is 2.96. The fraction of sp³-hybridized carbons (Fsp3) is 0.611. The molecule has 3 rings (SSSR count). The van der Waals surface area contributed by atoms with Crippen molar-refractivity contribution in [2.75, 3.05) is 6.61 Å². The van der Waals surface area contributed by atoms with Crippen LogP contribution in [0.25, 0.3) is 0 Å². The highest BCUT2D eigenvalue weighted by Gasteiger charge is 2.28. The van der Waals surface area contributed by atoms with Gasteiger partial charge in [-0.05, 0) is 62.6 Å². The Morgan fingerprint density at radius 1 is 1.38 bits per heavy atom. The molecule has 3 unspecified atom stereocenters. The molecule has 2 aliphatic carbocycles. The van der Waals surface area contributed by atoms with E-state index in [4.69, 9.17) is 10.5 Å². The molecular formula is C18H26ClFN2O2. The molecule has 0 bridgehead atoms. The van der Waals surface area contributed by atoms with E-state index in [9.17, 15) is 9.18 Å². The molecule has 2 aliphatic rings. The van der Waals surface area contributed by atoms with E-state index >= 15 is 0 Å². The highest BCUT2D eigenvalue weighted by Crippen LogP contribution is 2.31. The molecule has 0 aromatic heterocycles. The molecule has 1 amide bonds. The molecule has 3 N–H and O–H groups in total. The van der Waals surface area contributed by atoms with Crippen molar-refractivity contribution in [1.82, 2.24) is 5.32 Å². The van der Waals surface area contributed by atoms with Crippen LogP contribution in [0, 0.1) is 17.7 Å². The maximum atomic E-state index is 14.1. The molecule has 24 heavy (non-hydrogen) atoms. The zero-order valence-electron chi connectivity index (χ0n) is 14.0. The molecule has 0 aliphatic heterocycles. The van der Waals surface area contributed by atoms with E-state index in [1.807, 2.05) is 13.0 Å². The second-order valence-electron chi connectivity index (χ2n) is 6.94. The molecule has 4 nitrogen and oxygen atoms in total. The summed E-state index contributed by atoms with van der Waals surface area (Å²) in [4.78, 5) is 12.2. The van der Waals surface area contributed by atoms with Crippen LogP contribution in [-0.4, -0.2) is 18.6 Å². The van der Waals surface area contributed by atoms with Gasteiger partial charge in [0.1, 0.15) is 0 Å². The van der Waals surface area contributed by atoms with Crippen molar-refractivity contribution in [2.45, 2.75) is 51.1 Å². The van der Waals surface area contributed by atoms with Gasteiger partial charge in [0.25, 0.3) is 0 Å². The van der Waals surface area contributed by atoms with E-state index in [0.29, 0.717) is 18.3 Å². The van der Waals surface area contributed by atoms with Crippen LogP contribution < -0.4 is 15.8 Å². The van der Waals surface area contributed by atoms with Gasteiger partial charge in [-0.2, -0.15) is 0 Å². The number of hydrogen-bond donors (Lipinski definition) is 2. The monoisotopic (exact) mass is 356 g/mol. The Bertz CT molecular complexity index is 580. The van der Waals surface area contributed by atoms with Crippen molar-refractivity contribution in [3.63, 3.8) is 0 Å². The molecule has 1 aromatic rings. The predicted octanol–water partition coefficient (Wildman–Crippen LogP) is 3.34. The number of hydrogen-bond acceptors (Lipinski definition) is 3. The predicted molar refractivity (Wildman–Crippen MR) is 93.7 cm³/mol. The van der Waals surface area contributed by atoms with Gasteiger partial charge >= 0.3 is 0 Å². The third kappa shape index (κ3) is 4.84. The Morgan fingerprint density at radius 3 is 2.71 bits per heavy atom. The quantitative estimate of drug-likeness (QED) is 0.821. The second kappa shape index (κ2) is 8.17. The Hall–Kier alpha value is -1.33. The van der Waals surface area contributed by atoms with Gasteiger partial charge in [-0.1, -0.05) is 6.07 Å². The maximum Gasteiger partial charge on any atom is 0.223 e. The number of nitrogens with two attached hydrogens (primary N) is 1. The van der Waals surface area contributed by atoms with Crippen molar-refractivity contribution in [1.29, 1.82) is 0 Å². The summed E-state index contributed by atoms with van der Waals surface area (Å²) in [6, 6.07) is 4.82. The lowest BCUT2D eigenvalue weighted by Gasteiger charge is -2.18. The number of carbonyl (C=O) groups is 1. The minimum Gasteiger partial charge on any atom is -0.490 e. The molecule has 0 radical (unpaired) electrons. The summed E-state index contributed by atoms with van der Waals surface area (Å²) in [7, 11) is 0. The van der Waals surface area contributed by atoms with E-state index in [1.54, 1.807) is 6.07 Å². The smallest absolute Gasteiger partial charge is 0.223 e. The van der Waals surface area contributed by atoms with Gasteiger partial charge < -0.3 is 15.8 Å². The zero-order chi connectivity index (χ0) is 16.4. The summed E-state index contributed by atoms with van der Waals surface area (Å²) in [6.45, 7) is 2.46. The van der Waals surface area contributed by atoms with E-state index in [-0.39, 0.29) is 42.1 Å². The summed E-state index contributed by atoms with van der Waals surface area (Å²) >= 11 is 0. The van der Waals surface area contributed by atoms with E-state index in [0.717, 1.165) is 24.8 Å². The highest BCUT2D eigenvalue weighted by atomic mass is 35.5. The first-order valence-corrected chi connectivity index (χ1v) is 8.51. The van der Waals surface area contributed by atoms with Gasteiger partial charge in [-0.15, -0.1) is 12.4 Å². The zero-order valence-corrected chi connectivity index (χ0v) is 14.8. The fourth-order valence-electron chi connectivity index (χ4n) is 3.06. The van der Waals surface area contributed by atoms with Gasteiger partial charge in [0.15, 0.2) is 11.6 Å². The van der Waals surface area contributed by atoms with Gasteiger partial charge in [0, 0.05) is 12.0 Å². The molecule has 0 heterocycles. The van der Waals surface area contributed by atoms with Crippen LogP contribution >= 0.6 is 12.4 Å². The van der Waals surface area contributed by atoms with Crippen molar-refractivity contribution in [3.8, 4) is 5.75 Å². The second-order valence-corrected chi connectivity index (χ2v) is 6.94. The first-order valence-electron chi connectivity index (χ1n) is 8.51. The molecule has 2 fully saturated rings. The van der Waals surface area contributed by atoms with Crippen LogP contribution in [-0.2, 0) is 4.79 Å². The summed E-state index contributed by atoms with van der Waals surface area (Å²) in [5.41, 5.74) is 6.60. The summed E-state index contributed by atoms with van der Waals surface area (Å²) in [5.74, 6) is 0.511. The maximum absolute atomic E-state index is 14.1. The Kier molecular flexibility index (Phi) is 6.47. The lowest BCUT2D eigenvalue weighted by Crippen LogP contribution is -2.32. The summed E-state index contributed by atoms with van der Waals surface area (Å²) in [6.07, 6.45) is 4.82. The topological polar surface area (TPSA) is 64.4 Å². The lowest BCUT2D eigenvalue weighted by molar-refractivity contribution is -0.125. The van der Waals surface area contributed by atoms with Crippen molar-refractivity contribution in [2.24, 2.45) is 17.6 Å². The normalized spacial score (nSPS) is 24.1. The first kappa shape index (κ1) is 19.0. The highest BCUT2D eigenvalue weighted by molar-refractivity contribution is 5.85. The largest absolute Gasteiger partial charge is 0.490 e. The van der Waals surface area contributed by atoms with Crippen LogP contribution in [0.15, 0.2) is 18.2 Å². The number of benzene rings is 1. The number of carbonyl (C=O) groups excluding carboxylic acids is 1. The van der Waals surface area contributed by atoms with Gasteiger partial charge in [0.2, 0.25) is 5.91 Å². The minimum absolute atomic E-state index is 0. The lowest BCUT2D eigenvalue weighted by atomic mass is 10.0. The van der Waals surface area contributed by atoms with Gasteiger partial charge in [0.05, 0.1) is 12.6 Å². The Labute approximate surface area is 148 Å². The molecule has 3 atom stereocenters. The average Bonchev–Trinajstić information content (AvgIpc) is 3.25. The van der Waals surface area contributed by atoms with Crippen LogP contribution in [0.1, 0.15) is 50.6 Å². The number of ether oxygens (including phenoxy) is 1. The molecule has 2 saturated carbocycles. The molecule has 0 saturated heterocycles. The van der Waals surface area contributed by atoms with Crippen molar-refractivity contribution < 1.29 is 13.9 Å². The SMILES string of the molecule is CC(NC(=O)C1CCC(N)C1)c1ccc(OCC2CC2)c(F)c1.Cl. The van der Waals surface area contributed by atoms with Crippen molar-refractivity contribution in [3.05, 3.63) is 29.6 Å². The minimum atomic E-state index is -0.368. The van der Waals surface area contributed by atoms with Crippen molar-refractivity contribution >= 4 is 18.3 Å². The van der Waals surface area contributed by atoms with Crippen LogP contribution in [0.3, 0.4) is 0 Å². The Morgan fingerprint density at radius 2 is 2.12 bits per heavy atom. The standard InChI is InChI=1S/C18H25FN2O2.ClH/c1-11(21-18(22)14-4-6-15(20)8-14)13-5-7-17(16(19)9-13)23-10-12-2-3-12;/h5,7,9,11-12,14-15H,2-4,6,8,10,20H2,1H3,(H,21,22);1H. The Balaban J connectivity index is 0.00000208. The molecule has 1 aromatic carbocycles. The number of halogens is 2. The van der Waals surface area contributed by atoms with Gasteiger partial charge in [-0.25, -0.2) is 4.39 Å². The third-order valence-corrected chi connectivity index (χ3v) is 4.83. The van der Waals surface area contributed by atoms with Crippen LogP contribution in [0.2, 0.25) is 0 Å². The number of nitrogens with one attached hydrogen (secondary N) is 1. The molecular weight excluding hydrogens is 331 g/mol. The van der Waals surface area contributed by atoms with Gasteiger partial charge in [-0.3, -0.25) is 4.79 Å². The molecule has 0 spiro atoms. The first-order chi connectivity index (χ1) is 11.0. The fourth-order valence-corrected chi connectivity index (χ4v) is 3.06. The third-order valence-electron chi connectivity index (χ3n) is 4.83. The number of rotatable bonds is 6. The van der Waals surface area contributed by atoms with E-state index in [2.05, 4.69) is 5.32 Å². The molecule has 134 valence electrons. The van der Waals surface area contributed by atoms with Crippen LogP contribution in [0.4, 0.5) is 4.39 Å². The van der Waals surface area contributed by atoms with E-state index in [1.165, 1.54) is 18.9 Å². The number of amides is 1.